The fraction of sp³-hybridized carbons (Fsp3) is 0.0385. The Morgan fingerprint density at radius 2 is 1.67 bits per heavy atom. The lowest BCUT2D eigenvalue weighted by Crippen LogP contribution is -2.26. The van der Waals surface area contributed by atoms with E-state index < -0.39 is 11.3 Å². The highest BCUT2D eigenvalue weighted by atomic mass is 16.2. The predicted octanol–water partition coefficient (Wildman–Crippen LogP) is 4.23. The van der Waals surface area contributed by atoms with Gasteiger partial charge in [0.15, 0.2) is 0 Å². The lowest BCUT2D eigenvalue weighted by atomic mass is 10.1. The summed E-state index contributed by atoms with van der Waals surface area (Å²) in [4.78, 5) is 30.8. The van der Waals surface area contributed by atoms with Gasteiger partial charge in [-0.3, -0.25) is 15.0 Å². The number of nitrogens with zero attached hydrogens (tertiary/aromatic N) is 1. The SMILES string of the molecule is CNC(=O)c1cc2cccc3c4ccccc4nc-3c2cc(NNc2ccc(N)cc2)c1=O. The average Bonchev–Trinajstić information content (AvgIpc) is 3.03. The third-order valence-electron chi connectivity index (χ3n) is 5.59. The van der Waals surface area contributed by atoms with Gasteiger partial charge < -0.3 is 16.5 Å². The number of aromatic nitrogens is 1. The van der Waals surface area contributed by atoms with E-state index >= 15 is 0 Å². The Labute approximate surface area is 189 Å². The van der Waals surface area contributed by atoms with Crippen LogP contribution in [0.2, 0.25) is 0 Å². The molecular weight excluding hydrogens is 414 g/mol. The molecule has 0 bridgehead atoms. The van der Waals surface area contributed by atoms with Crippen molar-refractivity contribution in [2.75, 3.05) is 23.6 Å². The third-order valence-corrected chi connectivity index (χ3v) is 5.59. The molecule has 3 aromatic carbocycles. The standard InChI is InChI=1S/C26H21N5O2/c1-28-26(33)21-13-15-5-4-7-19-18-6-2-3-8-22(18)29-24(19)20(15)14-23(25(21)32)31-30-17-11-9-16(27)10-12-17/h2-14,30H,27H2,1H3,(H,28,33)(H,31,32). The topological polar surface area (TPSA) is 109 Å². The molecule has 0 saturated heterocycles. The number of fused-ring (bicyclic) bond motifs is 5. The molecule has 7 heteroatoms. The molecule has 5 N–H and O–H groups in total. The summed E-state index contributed by atoms with van der Waals surface area (Å²) in [5.74, 6) is -0.462. The van der Waals surface area contributed by atoms with Crippen LogP contribution in [0.15, 0.2) is 83.7 Å². The molecule has 1 aliphatic heterocycles. The van der Waals surface area contributed by atoms with Gasteiger partial charge in [0.05, 0.1) is 22.5 Å². The van der Waals surface area contributed by atoms with Crippen LogP contribution in [0.4, 0.5) is 17.1 Å². The number of carbonyl (C=O) groups excluding carboxylic acids is 1. The first-order valence-corrected chi connectivity index (χ1v) is 10.4. The van der Waals surface area contributed by atoms with Crippen LogP contribution in [-0.2, 0) is 0 Å². The molecule has 0 spiro atoms. The minimum absolute atomic E-state index is 0.0320. The molecule has 162 valence electrons. The molecule has 1 amide bonds. The molecule has 0 fully saturated rings. The van der Waals surface area contributed by atoms with Crippen LogP contribution in [0, 0.1) is 0 Å². The van der Waals surface area contributed by atoms with Crippen molar-refractivity contribution < 1.29 is 4.79 Å². The second-order valence-corrected chi connectivity index (χ2v) is 7.68. The number of carbonyl (C=O) groups is 1. The van der Waals surface area contributed by atoms with Crippen LogP contribution >= 0.6 is 0 Å². The Hall–Kier alpha value is -4.65. The van der Waals surface area contributed by atoms with Gasteiger partial charge in [-0.2, -0.15) is 0 Å². The maximum absolute atomic E-state index is 13.3. The van der Waals surface area contributed by atoms with Crippen molar-refractivity contribution >= 4 is 44.6 Å². The van der Waals surface area contributed by atoms with E-state index in [-0.39, 0.29) is 11.3 Å². The van der Waals surface area contributed by atoms with Gasteiger partial charge in [0.2, 0.25) is 5.43 Å². The van der Waals surface area contributed by atoms with Crippen molar-refractivity contribution in [2.45, 2.75) is 0 Å². The van der Waals surface area contributed by atoms with Crippen LogP contribution in [0.3, 0.4) is 0 Å². The first-order chi connectivity index (χ1) is 16.0. The summed E-state index contributed by atoms with van der Waals surface area (Å²) in [6.07, 6.45) is 0. The van der Waals surface area contributed by atoms with E-state index in [0.29, 0.717) is 11.4 Å². The summed E-state index contributed by atoms with van der Waals surface area (Å²) in [6, 6.07) is 24.1. The van der Waals surface area contributed by atoms with E-state index in [1.807, 2.05) is 42.5 Å². The fourth-order valence-corrected chi connectivity index (χ4v) is 3.91. The van der Waals surface area contributed by atoms with Crippen molar-refractivity contribution in [2.24, 2.45) is 0 Å². The molecule has 5 rings (SSSR count). The molecule has 1 heterocycles. The smallest absolute Gasteiger partial charge is 0.255 e. The lowest BCUT2D eigenvalue weighted by molar-refractivity contribution is 0.0962. The van der Waals surface area contributed by atoms with Gasteiger partial charge in [-0.25, -0.2) is 4.98 Å². The largest absolute Gasteiger partial charge is 0.399 e. The molecule has 3 aromatic rings. The fourth-order valence-electron chi connectivity index (χ4n) is 3.91. The van der Waals surface area contributed by atoms with Gasteiger partial charge in [0.1, 0.15) is 5.69 Å². The maximum atomic E-state index is 13.3. The van der Waals surface area contributed by atoms with Gasteiger partial charge >= 0.3 is 0 Å². The highest BCUT2D eigenvalue weighted by Gasteiger charge is 2.17. The number of nitrogens with one attached hydrogen (secondary N) is 3. The molecule has 0 atom stereocenters. The van der Waals surface area contributed by atoms with Crippen molar-refractivity contribution in [3.05, 3.63) is 94.6 Å². The van der Waals surface area contributed by atoms with Crippen LogP contribution in [-0.4, -0.2) is 17.9 Å². The molecular formula is C26H21N5O2. The van der Waals surface area contributed by atoms with Crippen LogP contribution in [0.1, 0.15) is 10.4 Å². The van der Waals surface area contributed by atoms with Gasteiger partial charge in [0, 0.05) is 29.1 Å². The summed E-state index contributed by atoms with van der Waals surface area (Å²) >= 11 is 0. The Morgan fingerprint density at radius 3 is 2.45 bits per heavy atom. The summed E-state index contributed by atoms with van der Waals surface area (Å²) in [5, 5.41) is 5.06. The summed E-state index contributed by atoms with van der Waals surface area (Å²) in [5.41, 5.74) is 15.5. The van der Waals surface area contributed by atoms with Gasteiger partial charge in [-0.15, -0.1) is 0 Å². The molecule has 0 radical (unpaired) electrons. The number of para-hydroxylation sites is 1. The van der Waals surface area contributed by atoms with Crippen LogP contribution in [0.25, 0.3) is 32.9 Å². The van der Waals surface area contributed by atoms with Crippen molar-refractivity contribution in [1.29, 1.82) is 0 Å². The summed E-state index contributed by atoms with van der Waals surface area (Å²) in [6.45, 7) is 0. The van der Waals surface area contributed by atoms with E-state index in [0.717, 1.165) is 32.9 Å². The second kappa shape index (κ2) is 8.12. The second-order valence-electron chi connectivity index (χ2n) is 7.68. The normalized spacial score (nSPS) is 10.9. The van der Waals surface area contributed by atoms with Crippen LogP contribution in [0.5, 0.6) is 0 Å². The van der Waals surface area contributed by atoms with Gasteiger partial charge in [0.25, 0.3) is 5.91 Å². The number of nitrogens with two attached hydrogens (primary N) is 1. The number of rotatable bonds is 4. The summed E-state index contributed by atoms with van der Waals surface area (Å²) < 4.78 is 0. The van der Waals surface area contributed by atoms with E-state index in [9.17, 15) is 9.59 Å². The van der Waals surface area contributed by atoms with Crippen molar-refractivity contribution in [1.82, 2.24) is 10.3 Å². The highest BCUT2D eigenvalue weighted by molar-refractivity contribution is 6.08. The zero-order valence-electron chi connectivity index (χ0n) is 17.8. The minimum atomic E-state index is -0.462. The highest BCUT2D eigenvalue weighted by Crippen LogP contribution is 2.35. The third kappa shape index (κ3) is 3.65. The monoisotopic (exact) mass is 435 g/mol. The Balaban J connectivity index is 1.76. The zero-order chi connectivity index (χ0) is 22.9. The molecule has 7 nitrogen and oxygen atoms in total. The average molecular weight is 435 g/mol. The molecule has 2 aliphatic rings. The number of hydrogen-bond donors (Lipinski definition) is 4. The quantitative estimate of drug-likeness (QED) is 0.248. The number of anilines is 3. The zero-order valence-corrected chi connectivity index (χ0v) is 17.8. The Kier molecular flexibility index (Phi) is 4.99. The number of hydrazine groups is 1. The van der Waals surface area contributed by atoms with E-state index in [1.165, 1.54) is 7.05 Å². The van der Waals surface area contributed by atoms with Gasteiger partial charge in [-0.1, -0.05) is 36.4 Å². The van der Waals surface area contributed by atoms with E-state index in [1.54, 1.807) is 36.4 Å². The molecule has 0 unspecified atom stereocenters. The van der Waals surface area contributed by atoms with E-state index in [2.05, 4.69) is 16.2 Å². The first kappa shape index (κ1) is 20.3. The molecule has 0 saturated carbocycles. The van der Waals surface area contributed by atoms with E-state index in [4.69, 9.17) is 10.7 Å². The summed E-state index contributed by atoms with van der Waals surface area (Å²) in [7, 11) is 1.50. The Bertz CT molecular complexity index is 1550. The minimum Gasteiger partial charge on any atom is -0.399 e. The first-order valence-electron chi connectivity index (χ1n) is 10.4. The van der Waals surface area contributed by atoms with Gasteiger partial charge in [-0.05, 0) is 47.9 Å². The molecule has 33 heavy (non-hydrogen) atoms. The van der Waals surface area contributed by atoms with Crippen molar-refractivity contribution in [3.8, 4) is 11.3 Å². The maximum Gasteiger partial charge on any atom is 0.255 e. The molecule has 0 aromatic heterocycles. The Morgan fingerprint density at radius 1 is 0.879 bits per heavy atom. The number of hydrogen-bond acceptors (Lipinski definition) is 6. The molecule has 1 aliphatic carbocycles. The lowest BCUT2D eigenvalue weighted by Gasteiger charge is -2.09. The number of nitrogen functional groups attached to an aromatic ring is 1. The number of benzene rings is 2. The number of amides is 1. The van der Waals surface area contributed by atoms with Crippen LogP contribution < -0.4 is 27.3 Å². The predicted molar refractivity (Wildman–Crippen MR) is 134 cm³/mol. The van der Waals surface area contributed by atoms with Crippen molar-refractivity contribution in [3.63, 3.8) is 0 Å².